The predicted octanol–water partition coefficient (Wildman–Crippen LogP) is 1.51. The number of anilines is 1. The van der Waals surface area contributed by atoms with Crippen LogP contribution in [-0.4, -0.2) is 27.9 Å². The number of amides is 2. The number of carbonyl (C=O) groups excluding carboxylic acids is 2. The van der Waals surface area contributed by atoms with Crippen LogP contribution in [0.1, 0.15) is 26.3 Å². The number of carboxylic acids is 1. The number of pyridine rings is 1. The largest absolute Gasteiger partial charge is 0.478 e. The summed E-state index contributed by atoms with van der Waals surface area (Å²) in [6, 6.07) is 9.52. The monoisotopic (exact) mass is 282 g/mol. The van der Waals surface area contributed by atoms with Crippen molar-refractivity contribution in [2.75, 3.05) is 4.90 Å². The van der Waals surface area contributed by atoms with Gasteiger partial charge in [0.2, 0.25) is 5.91 Å². The molecule has 0 atom stereocenters. The zero-order valence-electron chi connectivity index (χ0n) is 10.8. The number of aromatic nitrogens is 1. The van der Waals surface area contributed by atoms with Crippen LogP contribution in [0.5, 0.6) is 0 Å². The number of hydrogen-bond acceptors (Lipinski definition) is 4. The Morgan fingerprint density at radius 1 is 1.14 bits per heavy atom. The standard InChI is InChI=1S/C15H10N2O4/c18-12-8-9-4-1-2-5-10(9)14(19)17(12)13-11(15(20)21)6-3-7-16-13/h1-7H,8H2,(H,20,21). The highest BCUT2D eigenvalue weighted by Crippen LogP contribution is 2.26. The number of fused-ring (bicyclic) bond motifs is 1. The molecule has 2 heterocycles. The topological polar surface area (TPSA) is 87.6 Å². The van der Waals surface area contributed by atoms with E-state index in [1.54, 1.807) is 24.3 Å². The van der Waals surface area contributed by atoms with Crippen molar-refractivity contribution in [3.63, 3.8) is 0 Å². The maximum absolute atomic E-state index is 12.5. The lowest BCUT2D eigenvalue weighted by Crippen LogP contribution is -2.43. The Morgan fingerprint density at radius 2 is 1.90 bits per heavy atom. The van der Waals surface area contributed by atoms with Crippen molar-refractivity contribution in [1.82, 2.24) is 4.98 Å². The molecule has 1 aliphatic heterocycles. The Balaban J connectivity index is 2.14. The highest BCUT2D eigenvalue weighted by Gasteiger charge is 2.34. The third kappa shape index (κ3) is 2.06. The fourth-order valence-corrected chi connectivity index (χ4v) is 2.32. The van der Waals surface area contributed by atoms with Crippen LogP contribution in [0.4, 0.5) is 5.82 Å². The second-order valence-corrected chi connectivity index (χ2v) is 4.55. The Morgan fingerprint density at radius 3 is 2.67 bits per heavy atom. The second-order valence-electron chi connectivity index (χ2n) is 4.55. The minimum Gasteiger partial charge on any atom is -0.478 e. The number of carbonyl (C=O) groups is 3. The van der Waals surface area contributed by atoms with Gasteiger partial charge in [0, 0.05) is 11.8 Å². The Kier molecular flexibility index (Phi) is 2.98. The van der Waals surface area contributed by atoms with E-state index in [2.05, 4.69) is 4.98 Å². The zero-order chi connectivity index (χ0) is 15.0. The first-order valence-corrected chi connectivity index (χ1v) is 6.23. The molecule has 0 fully saturated rings. The number of rotatable bonds is 2. The SMILES string of the molecule is O=C(O)c1cccnc1N1C(=O)Cc2ccccc2C1=O. The molecule has 0 unspecified atom stereocenters. The molecule has 1 N–H and O–H groups in total. The Labute approximate surface area is 119 Å². The van der Waals surface area contributed by atoms with Gasteiger partial charge in [0.05, 0.1) is 6.42 Å². The Bertz CT molecular complexity index is 770. The van der Waals surface area contributed by atoms with Gasteiger partial charge in [-0.25, -0.2) is 14.7 Å². The summed E-state index contributed by atoms with van der Waals surface area (Å²) in [5.41, 5.74) is 0.842. The zero-order valence-corrected chi connectivity index (χ0v) is 10.8. The normalized spacial score (nSPS) is 14.0. The van der Waals surface area contributed by atoms with Gasteiger partial charge < -0.3 is 5.11 Å². The summed E-state index contributed by atoms with van der Waals surface area (Å²) in [5, 5.41) is 9.17. The van der Waals surface area contributed by atoms with E-state index in [4.69, 9.17) is 0 Å². The van der Waals surface area contributed by atoms with Crippen LogP contribution in [0.15, 0.2) is 42.6 Å². The molecule has 1 aromatic heterocycles. The quantitative estimate of drug-likeness (QED) is 0.843. The van der Waals surface area contributed by atoms with Crippen molar-refractivity contribution in [2.24, 2.45) is 0 Å². The number of aromatic carboxylic acids is 1. The van der Waals surface area contributed by atoms with Crippen LogP contribution in [0.2, 0.25) is 0 Å². The molecule has 3 rings (SSSR count). The van der Waals surface area contributed by atoms with Crippen molar-refractivity contribution in [3.8, 4) is 0 Å². The van der Waals surface area contributed by atoms with E-state index in [0.29, 0.717) is 11.1 Å². The van der Waals surface area contributed by atoms with E-state index >= 15 is 0 Å². The smallest absolute Gasteiger partial charge is 0.339 e. The van der Waals surface area contributed by atoms with Gasteiger partial charge in [-0.1, -0.05) is 18.2 Å². The molecule has 6 nitrogen and oxygen atoms in total. The molecular formula is C15H10N2O4. The van der Waals surface area contributed by atoms with E-state index in [-0.39, 0.29) is 17.8 Å². The molecular weight excluding hydrogens is 272 g/mol. The number of benzene rings is 1. The van der Waals surface area contributed by atoms with Crippen molar-refractivity contribution < 1.29 is 19.5 Å². The number of nitrogens with zero attached hydrogens (tertiary/aromatic N) is 2. The number of hydrogen-bond donors (Lipinski definition) is 1. The molecule has 0 aliphatic carbocycles. The van der Waals surface area contributed by atoms with Gasteiger partial charge in [0.25, 0.3) is 5.91 Å². The van der Waals surface area contributed by atoms with E-state index in [1.807, 2.05) is 0 Å². The van der Waals surface area contributed by atoms with Crippen LogP contribution in [0, 0.1) is 0 Å². The van der Waals surface area contributed by atoms with Gasteiger partial charge in [0.1, 0.15) is 5.56 Å². The minimum atomic E-state index is -1.24. The van der Waals surface area contributed by atoms with Gasteiger partial charge in [-0.05, 0) is 23.8 Å². The first-order chi connectivity index (χ1) is 10.1. The fourth-order valence-electron chi connectivity index (χ4n) is 2.32. The van der Waals surface area contributed by atoms with Crippen molar-refractivity contribution >= 4 is 23.6 Å². The van der Waals surface area contributed by atoms with Crippen LogP contribution < -0.4 is 4.90 Å². The summed E-state index contributed by atoms with van der Waals surface area (Å²) >= 11 is 0. The summed E-state index contributed by atoms with van der Waals surface area (Å²) in [5.74, 6) is -2.42. The van der Waals surface area contributed by atoms with Gasteiger partial charge >= 0.3 is 5.97 Å². The maximum Gasteiger partial charge on any atom is 0.339 e. The van der Waals surface area contributed by atoms with Crippen molar-refractivity contribution in [3.05, 3.63) is 59.3 Å². The van der Waals surface area contributed by atoms with Crippen molar-refractivity contribution in [2.45, 2.75) is 6.42 Å². The molecule has 0 bridgehead atoms. The average Bonchev–Trinajstić information content (AvgIpc) is 2.47. The third-order valence-electron chi connectivity index (χ3n) is 3.27. The number of imide groups is 1. The van der Waals surface area contributed by atoms with Crippen LogP contribution >= 0.6 is 0 Å². The highest BCUT2D eigenvalue weighted by molar-refractivity contribution is 6.25. The maximum atomic E-state index is 12.5. The summed E-state index contributed by atoms with van der Waals surface area (Å²) in [6.45, 7) is 0. The molecule has 1 aliphatic rings. The number of carboxylic acid groups (broad SMARTS) is 1. The molecule has 6 heteroatoms. The lowest BCUT2D eigenvalue weighted by molar-refractivity contribution is -0.117. The fraction of sp³-hybridized carbons (Fsp3) is 0.0667. The highest BCUT2D eigenvalue weighted by atomic mass is 16.4. The first-order valence-electron chi connectivity index (χ1n) is 6.23. The van der Waals surface area contributed by atoms with Gasteiger partial charge in [-0.2, -0.15) is 0 Å². The van der Waals surface area contributed by atoms with E-state index in [0.717, 1.165) is 4.90 Å². The Hall–Kier alpha value is -3.02. The summed E-state index contributed by atoms with van der Waals surface area (Å²) < 4.78 is 0. The lowest BCUT2D eigenvalue weighted by atomic mass is 9.98. The van der Waals surface area contributed by atoms with Gasteiger partial charge in [-0.15, -0.1) is 0 Å². The molecule has 1 aromatic carbocycles. The molecule has 0 saturated carbocycles. The molecule has 0 radical (unpaired) electrons. The molecule has 0 spiro atoms. The van der Waals surface area contributed by atoms with E-state index < -0.39 is 17.8 Å². The van der Waals surface area contributed by atoms with Crippen molar-refractivity contribution in [1.29, 1.82) is 0 Å². The summed E-state index contributed by atoms with van der Waals surface area (Å²) in [7, 11) is 0. The van der Waals surface area contributed by atoms with E-state index in [1.165, 1.54) is 18.3 Å². The summed E-state index contributed by atoms with van der Waals surface area (Å²) in [6.07, 6.45) is 1.39. The molecule has 21 heavy (non-hydrogen) atoms. The molecule has 104 valence electrons. The second kappa shape index (κ2) is 4.82. The van der Waals surface area contributed by atoms with Gasteiger partial charge in [0.15, 0.2) is 5.82 Å². The first kappa shape index (κ1) is 13.0. The molecule has 2 aromatic rings. The van der Waals surface area contributed by atoms with E-state index in [9.17, 15) is 19.5 Å². The summed E-state index contributed by atoms with van der Waals surface area (Å²) in [4.78, 5) is 40.7. The minimum absolute atomic E-state index is 0.0392. The average molecular weight is 282 g/mol. The third-order valence-corrected chi connectivity index (χ3v) is 3.27. The predicted molar refractivity (Wildman–Crippen MR) is 73.2 cm³/mol. The van der Waals surface area contributed by atoms with Crippen LogP contribution in [-0.2, 0) is 11.2 Å². The molecule has 2 amide bonds. The van der Waals surface area contributed by atoms with Crippen LogP contribution in [0.25, 0.3) is 0 Å². The molecule has 0 saturated heterocycles. The van der Waals surface area contributed by atoms with Gasteiger partial charge in [-0.3, -0.25) is 9.59 Å². The lowest BCUT2D eigenvalue weighted by Gasteiger charge is -2.26. The van der Waals surface area contributed by atoms with Crippen LogP contribution in [0.3, 0.4) is 0 Å².